The SMILES string of the molecule is O=C1CC2(CCNCC2)[C@H](c2ccc(F)cc2)CN1. The number of hydrogen-bond donors (Lipinski definition) is 2. The minimum atomic E-state index is -0.206. The van der Waals surface area contributed by atoms with Crippen LogP contribution in [0.3, 0.4) is 0 Å². The average Bonchev–Trinajstić information content (AvgIpc) is 2.41. The van der Waals surface area contributed by atoms with E-state index in [2.05, 4.69) is 10.6 Å². The fourth-order valence-corrected chi connectivity index (χ4v) is 3.55. The van der Waals surface area contributed by atoms with Gasteiger partial charge in [-0.3, -0.25) is 4.79 Å². The second-order valence-corrected chi connectivity index (χ2v) is 5.70. The number of amides is 1. The molecule has 0 unspecified atom stereocenters. The van der Waals surface area contributed by atoms with Crippen molar-refractivity contribution in [3.8, 4) is 0 Å². The first-order valence-corrected chi connectivity index (χ1v) is 6.92. The summed E-state index contributed by atoms with van der Waals surface area (Å²) >= 11 is 0. The molecule has 2 aliphatic heterocycles. The molecule has 3 rings (SSSR count). The van der Waals surface area contributed by atoms with Crippen LogP contribution in [0.15, 0.2) is 24.3 Å². The maximum atomic E-state index is 13.1. The molecule has 1 aromatic carbocycles. The number of rotatable bonds is 1. The zero-order valence-electron chi connectivity index (χ0n) is 10.9. The zero-order chi connectivity index (χ0) is 13.3. The summed E-state index contributed by atoms with van der Waals surface area (Å²) in [6.07, 6.45) is 2.63. The Morgan fingerprint density at radius 1 is 1.16 bits per heavy atom. The van der Waals surface area contributed by atoms with E-state index in [1.54, 1.807) is 0 Å². The number of piperidine rings is 2. The number of halogens is 1. The number of benzene rings is 1. The summed E-state index contributed by atoms with van der Waals surface area (Å²) in [4.78, 5) is 11.8. The molecule has 2 N–H and O–H groups in total. The van der Waals surface area contributed by atoms with E-state index in [1.807, 2.05) is 12.1 Å². The highest BCUT2D eigenvalue weighted by atomic mass is 19.1. The van der Waals surface area contributed by atoms with Crippen molar-refractivity contribution in [2.75, 3.05) is 19.6 Å². The number of nitrogens with one attached hydrogen (secondary N) is 2. The van der Waals surface area contributed by atoms with Gasteiger partial charge in [-0.25, -0.2) is 4.39 Å². The van der Waals surface area contributed by atoms with Gasteiger partial charge in [0.15, 0.2) is 0 Å². The molecule has 2 fully saturated rings. The van der Waals surface area contributed by atoms with Gasteiger partial charge in [-0.15, -0.1) is 0 Å². The molecule has 2 heterocycles. The average molecular weight is 262 g/mol. The lowest BCUT2D eigenvalue weighted by molar-refractivity contribution is -0.127. The van der Waals surface area contributed by atoms with Crippen molar-refractivity contribution >= 4 is 5.91 Å². The minimum absolute atomic E-state index is 0.0470. The Labute approximate surface area is 112 Å². The molecule has 2 saturated heterocycles. The van der Waals surface area contributed by atoms with E-state index in [1.165, 1.54) is 12.1 Å². The monoisotopic (exact) mass is 262 g/mol. The largest absolute Gasteiger partial charge is 0.355 e. The topological polar surface area (TPSA) is 41.1 Å². The van der Waals surface area contributed by atoms with Gasteiger partial charge in [-0.1, -0.05) is 12.1 Å². The number of carbonyl (C=O) groups excluding carboxylic acids is 1. The Bertz CT molecular complexity index is 466. The lowest BCUT2D eigenvalue weighted by atomic mass is 9.63. The van der Waals surface area contributed by atoms with E-state index in [0.29, 0.717) is 18.9 Å². The van der Waals surface area contributed by atoms with Crippen LogP contribution in [0.1, 0.15) is 30.7 Å². The van der Waals surface area contributed by atoms with Gasteiger partial charge in [-0.05, 0) is 49.0 Å². The van der Waals surface area contributed by atoms with E-state index in [4.69, 9.17) is 0 Å². The summed E-state index contributed by atoms with van der Waals surface area (Å²) in [6.45, 7) is 2.60. The molecule has 1 amide bonds. The van der Waals surface area contributed by atoms with Gasteiger partial charge < -0.3 is 10.6 Å². The van der Waals surface area contributed by atoms with Gasteiger partial charge >= 0.3 is 0 Å². The summed E-state index contributed by atoms with van der Waals surface area (Å²) in [6, 6.07) is 6.75. The van der Waals surface area contributed by atoms with E-state index in [0.717, 1.165) is 31.5 Å². The van der Waals surface area contributed by atoms with E-state index < -0.39 is 0 Å². The summed E-state index contributed by atoms with van der Waals surface area (Å²) in [5.41, 5.74) is 1.19. The van der Waals surface area contributed by atoms with E-state index in [-0.39, 0.29) is 17.1 Å². The molecule has 0 aromatic heterocycles. The molecule has 1 aromatic rings. The summed E-state index contributed by atoms with van der Waals surface area (Å²) < 4.78 is 13.1. The van der Waals surface area contributed by atoms with Crippen LogP contribution in [0, 0.1) is 11.2 Å². The van der Waals surface area contributed by atoms with Crippen molar-refractivity contribution in [1.29, 1.82) is 0 Å². The van der Waals surface area contributed by atoms with Crippen LogP contribution in [0.25, 0.3) is 0 Å². The van der Waals surface area contributed by atoms with Crippen LogP contribution in [0.2, 0.25) is 0 Å². The third-order valence-corrected chi connectivity index (χ3v) is 4.63. The predicted molar refractivity (Wildman–Crippen MR) is 71.3 cm³/mol. The standard InChI is InChI=1S/C15H19FN2O/c16-12-3-1-11(2-4-12)13-10-18-14(19)9-15(13)5-7-17-8-6-15/h1-4,13,17H,5-10H2,(H,18,19)/t13-/m0/s1. The summed E-state index contributed by atoms with van der Waals surface area (Å²) in [5.74, 6) is 0.246. The van der Waals surface area contributed by atoms with Crippen LogP contribution < -0.4 is 10.6 Å². The maximum absolute atomic E-state index is 13.1. The molecular formula is C15H19FN2O. The molecule has 0 bridgehead atoms. The molecule has 0 saturated carbocycles. The van der Waals surface area contributed by atoms with Crippen LogP contribution in [-0.2, 0) is 4.79 Å². The number of hydrogen-bond acceptors (Lipinski definition) is 2. The third kappa shape index (κ3) is 2.37. The van der Waals surface area contributed by atoms with Gasteiger partial charge in [0.05, 0.1) is 0 Å². The fourth-order valence-electron chi connectivity index (χ4n) is 3.55. The van der Waals surface area contributed by atoms with Crippen molar-refractivity contribution in [2.45, 2.75) is 25.2 Å². The molecule has 1 atom stereocenters. The first-order chi connectivity index (χ1) is 9.20. The Hall–Kier alpha value is -1.42. The van der Waals surface area contributed by atoms with Crippen molar-refractivity contribution in [2.24, 2.45) is 5.41 Å². The Morgan fingerprint density at radius 3 is 2.53 bits per heavy atom. The van der Waals surface area contributed by atoms with Crippen LogP contribution in [-0.4, -0.2) is 25.5 Å². The van der Waals surface area contributed by atoms with Gasteiger partial charge in [0.2, 0.25) is 5.91 Å². The fraction of sp³-hybridized carbons (Fsp3) is 0.533. The van der Waals surface area contributed by atoms with Crippen molar-refractivity contribution in [3.63, 3.8) is 0 Å². The molecule has 102 valence electrons. The molecule has 1 spiro atoms. The van der Waals surface area contributed by atoms with Gasteiger partial charge in [-0.2, -0.15) is 0 Å². The quantitative estimate of drug-likeness (QED) is 0.810. The third-order valence-electron chi connectivity index (χ3n) is 4.63. The van der Waals surface area contributed by atoms with Crippen LogP contribution in [0.5, 0.6) is 0 Å². The minimum Gasteiger partial charge on any atom is -0.355 e. The molecule has 4 heteroatoms. The highest BCUT2D eigenvalue weighted by Crippen LogP contribution is 2.47. The molecule has 3 nitrogen and oxygen atoms in total. The Balaban J connectivity index is 1.92. The first kappa shape index (κ1) is 12.6. The smallest absolute Gasteiger partial charge is 0.220 e. The van der Waals surface area contributed by atoms with Gasteiger partial charge in [0.1, 0.15) is 5.82 Å². The lowest BCUT2D eigenvalue weighted by Gasteiger charge is -2.46. The van der Waals surface area contributed by atoms with Crippen molar-refractivity contribution < 1.29 is 9.18 Å². The zero-order valence-corrected chi connectivity index (χ0v) is 10.9. The van der Waals surface area contributed by atoms with Crippen molar-refractivity contribution in [1.82, 2.24) is 10.6 Å². The predicted octanol–water partition coefficient (Wildman–Crippen LogP) is 1.80. The lowest BCUT2D eigenvalue weighted by Crippen LogP contribution is -2.51. The number of carbonyl (C=O) groups is 1. The van der Waals surface area contributed by atoms with Gasteiger partial charge in [0, 0.05) is 18.9 Å². The van der Waals surface area contributed by atoms with E-state index >= 15 is 0 Å². The Kier molecular flexibility index (Phi) is 3.27. The highest BCUT2D eigenvalue weighted by molar-refractivity contribution is 5.78. The molecule has 2 aliphatic rings. The second kappa shape index (κ2) is 4.93. The van der Waals surface area contributed by atoms with Crippen LogP contribution in [0.4, 0.5) is 4.39 Å². The molecule has 0 radical (unpaired) electrons. The normalized spacial score (nSPS) is 26.2. The van der Waals surface area contributed by atoms with E-state index in [9.17, 15) is 9.18 Å². The first-order valence-electron chi connectivity index (χ1n) is 6.92. The Morgan fingerprint density at radius 2 is 1.84 bits per heavy atom. The molecular weight excluding hydrogens is 243 g/mol. The highest BCUT2D eigenvalue weighted by Gasteiger charge is 2.44. The molecule has 19 heavy (non-hydrogen) atoms. The summed E-state index contributed by atoms with van der Waals surface area (Å²) in [7, 11) is 0. The molecule has 0 aliphatic carbocycles. The summed E-state index contributed by atoms with van der Waals surface area (Å²) in [5, 5.41) is 6.32. The maximum Gasteiger partial charge on any atom is 0.220 e. The van der Waals surface area contributed by atoms with Crippen molar-refractivity contribution in [3.05, 3.63) is 35.6 Å². The van der Waals surface area contributed by atoms with Gasteiger partial charge in [0.25, 0.3) is 0 Å². The second-order valence-electron chi connectivity index (χ2n) is 5.70. The van der Waals surface area contributed by atoms with Crippen LogP contribution >= 0.6 is 0 Å².